The van der Waals surface area contributed by atoms with Gasteiger partial charge in [-0.15, -0.1) is 10.2 Å². The van der Waals surface area contributed by atoms with E-state index >= 15 is 0 Å². The van der Waals surface area contributed by atoms with Crippen molar-refractivity contribution in [3.8, 4) is 0 Å². The van der Waals surface area contributed by atoms with Crippen molar-refractivity contribution in [2.45, 2.75) is 77.5 Å². The lowest BCUT2D eigenvalue weighted by Crippen LogP contribution is -2.44. The van der Waals surface area contributed by atoms with Crippen LogP contribution in [0.4, 0.5) is 0 Å². The quantitative estimate of drug-likeness (QED) is 0.529. The van der Waals surface area contributed by atoms with Crippen LogP contribution in [-0.4, -0.2) is 57.3 Å². The van der Waals surface area contributed by atoms with Gasteiger partial charge in [0.2, 0.25) is 0 Å². The molecule has 1 fully saturated rings. The molecule has 2 N–H and O–H groups in total. The number of hydrogen-bond acceptors (Lipinski definition) is 4. The number of likely N-dealkylation sites (tertiary alicyclic amines) is 1. The van der Waals surface area contributed by atoms with Gasteiger partial charge < -0.3 is 15.2 Å². The summed E-state index contributed by atoms with van der Waals surface area (Å²) in [5, 5.41) is 15.9. The second-order valence-corrected chi connectivity index (χ2v) is 8.85. The maximum Gasteiger partial charge on any atom is 0.191 e. The first-order valence-corrected chi connectivity index (χ1v) is 12.0. The third kappa shape index (κ3) is 5.85. The lowest BCUT2D eigenvalue weighted by atomic mass is 10.2. The minimum atomic E-state index is 0.417. The Labute approximate surface area is 186 Å². The van der Waals surface area contributed by atoms with E-state index in [-0.39, 0.29) is 0 Å². The third-order valence-electron chi connectivity index (χ3n) is 6.41. The van der Waals surface area contributed by atoms with E-state index in [2.05, 4.69) is 74.5 Å². The maximum atomic E-state index is 4.85. The summed E-state index contributed by atoms with van der Waals surface area (Å²) in [5.41, 5.74) is 1.38. The van der Waals surface area contributed by atoms with Crippen molar-refractivity contribution >= 4 is 5.96 Å². The summed E-state index contributed by atoms with van der Waals surface area (Å²) >= 11 is 0. The Hall–Kier alpha value is -2.41. The molecule has 1 aromatic heterocycles. The van der Waals surface area contributed by atoms with E-state index in [0.717, 1.165) is 69.6 Å². The van der Waals surface area contributed by atoms with Crippen molar-refractivity contribution < 1.29 is 0 Å². The smallest absolute Gasteiger partial charge is 0.191 e. The van der Waals surface area contributed by atoms with Crippen LogP contribution in [-0.2, 0) is 25.9 Å². The van der Waals surface area contributed by atoms with E-state index in [1.165, 1.54) is 24.8 Å². The van der Waals surface area contributed by atoms with Crippen LogP contribution in [0.2, 0.25) is 0 Å². The summed E-state index contributed by atoms with van der Waals surface area (Å²) in [4.78, 5) is 7.41. The van der Waals surface area contributed by atoms with E-state index in [1.807, 2.05) is 0 Å². The molecule has 2 unspecified atom stereocenters. The predicted octanol–water partition coefficient (Wildman–Crippen LogP) is 2.77. The van der Waals surface area contributed by atoms with Gasteiger partial charge in [0.15, 0.2) is 5.96 Å². The van der Waals surface area contributed by atoms with Gasteiger partial charge >= 0.3 is 0 Å². The number of rotatable bonds is 7. The zero-order valence-electron chi connectivity index (χ0n) is 19.1. The molecule has 7 nitrogen and oxygen atoms in total. The molecule has 0 bridgehead atoms. The Bertz CT molecular complexity index is 845. The molecular weight excluding hydrogens is 386 g/mol. The normalized spacial score (nSPS) is 22.2. The molecule has 1 aromatic carbocycles. The number of hydrogen-bond donors (Lipinski definition) is 2. The van der Waals surface area contributed by atoms with Crippen LogP contribution in [0.3, 0.4) is 0 Å². The highest BCUT2D eigenvalue weighted by molar-refractivity contribution is 5.80. The summed E-state index contributed by atoms with van der Waals surface area (Å²) in [6, 6.07) is 11.7. The fourth-order valence-corrected chi connectivity index (χ4v) is 4.75. The summed E-state index contributed by atoms with van der Waals surface area (Å²) in [6.07, 6.45) is 6.77. The molecule has 3 heterocycles. The number of aliphatic imine (C=N–C) groups is 1. The highest BCUT2D eigenvalue weighted by Gasteiger charge is 2.29. The molecule has 168 valence electrons. The number of benzene rings is 1. The molecule has 4 rings (SSSR count). The SMILES string of the molecule is CCNC(=NCCc1nnc2n1CCCCC2)NC1CC(C)N(Cc2ccccc2)C1. The van der Waals surface area contributed by atoms with Crippen LogP contribution >= 0.6 is 0 Å². The molecule has 0 saturated carbocycles. The molecule has 0 amide bonds. The van der Waals surface area contributed by atoms with Gasteiger partial charge in [0.05, 0.1) is 0 Å². The van der Waals surface area contributed by atoms with Crippen molar-refractivity contribution in [1.29, 1.82) is 0 Å². The summed E-state index contributed by atoms with van der Waals surface area (Å²) < 4.78 is 2.32. The van der Waals surface area contributed by atoms with E-state index in [9.17, 15) is 0 Å². The Kier molecular flexibility index (Phi) is 7.57. The van der Waals surface area contributed by atoms with E-state index in [1.54, 1.807) is 0 Å². The lowest BCUT2D eigenvalue weighted by Gasteiger charge is -2.21. The van der Waals surface area contributed by atoms with Crippen molar-refractivity contribution in [3.63, 3.8) is 0 Å². The highest BCUT2D eigenvalue weighted by Crippen LogP contribution is 2.20. The van der Waals surface area contributed by atoms with Crippen molar-refractivity contribution in [1.82, 2.24) is 30.3 Å². The number of fused-ring (bicyclic) bond motifs is 1. The highest BCUT2D eigenvalue weighted by atomic mass is 15.3. The minimum Gasteiger partial charge on any atom is -0.357 e. The van der Waals surface area contributed by atoms with E-state index in [4.69, 9.17) is 4.99 Å². The average molecular weight is 424 g/mol. The van der Waals surface area contributed by atoms with Crippen LogP contribution in [0.5, 0.6) is 0 Å². The van der Waals surface area contributed by atoms with E-state index < -0.39 is 0 Å². The molecule has 0 radical (unpaired) electrons. The number of aromatic nitrogens is 3. The predicted molar refractivity (Wildman–Crippen MR) is 125 cm³/mol. The van der Waals surface area contributed by atoms with E-state index in [0.29, 0.717) is 12.1 Å². The second-order valence-electron chi connectivity index (χ2n) is 8.85. The fourth-order valence-electron chi connectivity index (χ4n) is 4.75. The Morgan fingerprint density at radius 3 is 2.87 bits per heavy atom. The Morgan fingerprint density at radius 1 is 1.16 bits per heavy atom. The monoisotopic (exact) mass is 423 g/mol. The Morgan fingerprint density at radius 2 is 2.03 bits per heavy atom. The maximum absolute atomic E-state index is 4.85. The summed E-state index contributed by atoms with van der Waals surface area (Å²) in [5.74, 6) is 3.15. The molecule has 2 aliphatic rings. The van der Waals surface area contributed by atoms with Crippen molar-refractivity contribution in [3.05, 3.63) is 47.5 Å². The summed E-state index contributed by atoms with van der Waals surface area (Å²) in [7, 11) is 0. The molecule has 31 heavy (non-hydrogen) atoms. The minimum absolute atomic E-state index is 0.417. The van der Waals surface area contributed by atoms with Gasteiger partial charge in [-0.05, 0) is 38.7 Å². The molecule has 2 atom stereocenters. The average Bonchev–Trinajstić information content (AvgIpc) is 3.21. The third-order valence-corrected chi connectivity index (χ3v) is 6.41. The zero-order valence-corrected chi connectivity index (χ0v) is 19.1. The van der Waals surface area contributed by atoms with Crippen LogP contribution in [0, 0.1) is 0 Å². The van der Waals surface area contributed by atoms with Gasteiger partial charge in [0.1, 0.15) is 11.6 Å². The van der Waals surface area contributed by atoms with Crippen LogP contribution in [0.1, 0.15) is 56.7 Å². The van der Waals surface area contributed by atoms with Crippen LogP contribution in [0.15, 0.2) is 35.3 Å². The molecule has 7 heteroatoms. The Balaban J connectivity index is 1.31. The van der Waals surface area contributed by atoms with Gasteiger partial charge in [-0.3, -0.25) is 9.89 Å². The first kappa shape index (κ1) is 21.8. The molecule has 2 aliphatic heterocycles. The molecule has 0 spiro atoms. The number of nitrogens with zero attached hydrogens (tertiary/aromatic N) is 5. The van der Waals surface area contributed by atoms with Crippen molar-refractivity contribution in [2.75, 3.05) is 19.6 Å². The van der Waals surface area contributed by atoms with Gasteiger partial charge in [-0.2, -0.15) is 0 Å². The van der Waals surface area contributed by atoms with Crippen LogP contribution < -0.4 is 10.6 Å². The first-order chi connectivity index (χ1) is 15.2. The van der Waals surface area contributed by atoms with Gasteiger partial charge in [0.25, 0.3) is 0 Å². The second kappa shape index (κ2) is 10.8. The molecular formula is C24H37N7. The van der Waals surface area contributed by atoms with Gasteiger partial charge in [-0.25, -0.2) is 0 Å². The zero-order chi connectivity index (χ0) is 21.5. The van der Waals surface area contributed by atoms with Gasteiger partial charge in [-0.1, -0.05) is 36.8 Å². The number of aryl methyl sites for hydroxylation is 1. The van der Waals surface area contributed by atoms with Gasteiger partial charge in [0, 0.05) is 57.6 Å². The molecule has 2 aromatic rings. The number of nitrogens with one attached hydrogen (secondary N) is 2. The first-order valence-electron chi connectivity index (χ1n) is 12.0. The number of guanidine groups is 1. The fraction of sp³-hybridized carbons (Fsp3) is 0.625. The standard InChI is InChI=1S/C24H37N7/c1-3-25-24(26-14-13-23-29-28-22-12-8-5-9-15-31(22)23)27-21-16-19(2)30(18-21)17-20-10-6-4-7-11-20/h4,6-7,10-11,19,21H,3,5,8-9,12-18H2,1-2H3,(H2,25,26,27). The lowest BCUT2D eigenvalue weighted by molar-refractivity contribution is 0.258. The molecule has 0 aliphatic carbocycles. The summed E-state index contributed by atoms with van der Waals surface area (Å²) in [6.45, 7) is 9.13. The van der Waals surface area contributed by atoms with Crippen molar-refractivity contribution in [2.24, 2.45) is 4.99 Å². The largest absolute Gasteiger partial charge is 0.357 e. The molecule has 1 saturated heterocycles. The van der Waals surface area contributed by atoms with Crippen LogP contribution in [0.25, 0.3) is 0 Å². The topological polar surface area (TPSA) is 70.4 Å².